The van der Waals surface area contributed by atoms with Gasteiger partial charge in [-0.25, -0.2) is 4.39 Å². The third kappa shape index (κ3) is 3.53. The Morgan fingerprint density at radius 2 is 2.18 bits per heavy atom. The Bertz CT molecular complexity index is 364. The van der Waals surface area contributed by atoms with E-state index in [1.54, 1.807) is 12.1 Å². The summed E-state index contributed by atoms with van der Waals surface area (Å²) in [7, 11) is 0. The second-order valence-electron chi connectivity index (χ2n) is 5.25. The summed E-state index contributed by atoms with van der Waals surface area (Å²) in [6.45, 7) is 4.38. The van der Waals surface area contributed by atoms with E-state index in [2.05, 4.69) is 19.2 Å². The maximum absolute atomic E-state index is 13.5. The Hall–Kier alpha value is -0.890. The van der Waals surface area contributed by atoms with Crippen LogP contribution in [0.15, 0.2) is 24.3 Å². The van der Waals surface area contributed by atoms with Gasteiger partial charge in [0.05, 0.1) is 0 Å². The average Bonchev–Trinajstić information content (AvgIpc) is 3.00. The highest BCUT2D eigenvalue weighted by atomic mass is 19.1. The molecule has 1 nitrogen and oxygen atoms in total. The van der Waals surface area contributed by atoms with Crippen LogP contribution in [0.3, 0.4) is 0 Å². The van der Waals surface area contributed by atoms with Crippen LogP contribution in [0.4, 0.5) is 4.39 Å². The Morgan fingerprint density at radius 1 is 1.41 bits per heavy atom. The maximum atomic E-state index is 13.5. The summed E-state index contributed by atoms with van der Waals surface area (Å²) in [5, 5.41) is 3.60. The van der Waals surface area contributed by atoms with Gasteiger partial charge in [-0.1, -0.05) is 31.5 Å². The van der Waals surface area contributed by atoms with Crippen molar-refractivity contribution in [1.29, 1.82) is 0 Å². The van der Waals surface area contributed by atoms with Crippen LogP contribution in [0, 0.1) is 11.7 Å². The first-order valence-electron chi connectivity index (χ1n) is 6.70. The number of benzene rings is 1. The van der Waals surface area contributed by atoms with Crippen molar-refractivity contribution in [2.24, 2.45) is 5.92 Å². The van der Waals surface area contributed by atoms with Crippen LogP contribution in [0.25, 0.3) is 0 Å². The van der Waals surface area contributed by atoms with Gasteiger partial charge in [-0.15, -0.1) is 0 Å². The zero-order valence-corrected chi connectivity index (χ0v) is 10.7. The van der Waals surface area contributed by atoms with Gasteiger partial charge in [0.2, 0.25) is 0 Å². The molecule has 0 amide bonds. The van der Waals surface area contributed by atoms with Crippen LogP contribution in [-0.4, -0.2) is 12.1 Å². The highest BCUT2D eigenvalue weighted by Crippen LogP contribution is 2.35. The molecule has 1 saturated carbocycles. The summed E-state index contributed by atoms with van der Waals surface area (Å²) in [4.78, 5) is 0. The number of halogens is 1. The van der Waals surface area contributed by atoms with E-state index in [1.165, 1.54) is 19.3 Å². The van der Waals surface area contributed by atoms with Crippen molar-refractivity contribution in [1.82, 2.24) is 5.32 Å². The molecule has 1 aliphatic carbocycles. The molecule has 2 rings (SSSR count). The van der Waals surface area contributed by atoms with Crippen molar-refractivity contribution >= 4 is 0 Å². The molecule has 17 heavy (non-hydrogen) atoms. The lowest BCUT2D eigenvalue weighted by Crippen LogP contribution is -2.31. The fourth-order valence-corrected chi connectivity index (χ4v) is 2.56. The van der Waals surface area contributed by atoms with Crippen LogP contribution in [0.1, 0.15) is 38.7 Å². The second kappa shape index (κ2) is 5.63. The van der Waals surface area contributed by atoms with Gasteiger partial charge in [0.25, 0.3) is 0 Å². The molecule has 2 heteroatoms. The summed E-state index contributed by atoms with van der Waals surface area (Å²) in [6.07, 6.45) is 4.67. The van der Waals surface area contributed by atoms with E-state index in [4.69, 9.17) is 0 Å². The predicted octanol–water partition coefficient (Wildman–Crippen LogP) is 3.53. The highest BCUT2D eigenvalue weighted by Gasteiger charge is 2.36. The van der Waals surface area contributed by atoms with Crippen LogP contribution < -0.4 is 5.32 Å². The van der Waals surface area contributed by atoms with Gasteiger partial charge in [0.15, 0.2) is 0 Å². The van der Waals surface area contributed by atoms with E-state index in [9.17, 15) is 4.39 Å². The molecule has 1 aromatic carbocycles. The minimum absolute atomic E-state index is 0.0814. The molecule has 94 valence electrons. The number of nitrogens with one attached hydrogen (secondary N) is 1. The van der Waals surface area contributed by atoms with Crippen molar-refractivity contribution in [3.63, 3.8) is 0 Å². The lowest BCUT2D eigenvalue weighted by Gasteiger charge is -2.14. The zero-order valence-electron chi connectivity index (χ0n) is 10.7. The van der Waals surface area contributed by atoms with Crippen molar-refractivity contribution in [3.8, 4) is 0 Å². The molecule has 0 saturated heterocycles. The third-order valence-corrected chi connectivity index (χ3v) is 3.56. The van der Waals surface area contributed by atoms with Crippen LogP contribution in [0.2, 0.25) is 0 Å². The van der Waals surface area contributed by atoms with E-state index in [1.807, 2.05) is 12.1 Å². The van der Waals surface area contributed by atoms with Gasteiger partial charge in [-0.05, 0) is 43.7 Å². The van der Waals surface area contributed by atoms with Gasteiger partial charge in [-0.2, -0.15) is 0 Å². The van der Waals surface area contributed by atoms with Crippen LogP contribution >= 0.6 is 0 Å². The fraction of sp³-hybridized carbons (Fsp3) is 0.600. The van der Waals surface area contributed by atoms with E-state index in [-0.39, 0.29) is 5.82 Å². The molecule has 3 unspecified atom stereocenters. The Labute approximate surface area is 103 Å². The normalized spacial score (nSPS) is 24.6. The van der Waals surface area contributed by atoms with Gasteiger partial charge < -0.3 is 5.32 Å². The predicted molar refractivity (Wildman–Crippen MR) is 69.5 cm³/mol. The monoisotopic (exact) mass is 235 g/mol. The van der Waals surface area contributed by atoms with Gasteiger partial charge in [-0.3, -0.25) is 0 Å². The smallest absolute Gasteiger partial charge is 0.126 e. The number of hydrogen-bond acceptors (Lipinski definition) is 1. The van der Waals surface area contributed by atoms with E-state index >= 15 is 0 Å². The highest BCUT2D eigenvalue weighted by molar-refractivity contribution is 5.18. The maximum Gasteiger partial charge on any atom is 0.126 e. The minimum Gasteiger partial charge on any atom is -0.311 e. The number of hydrogen-bond donors (Lipinski definition) is 1. The fourth-order valence-electron chi connectivity index (χ4n) is 2.56. The molecular weight excluding hydrogens is 213 g/mol. The van der Waals surface area contributed by atoms with Crippen LogP contribution in [-0.2, 0) is 6.42 Å². The van der Waals surface area contributed by atoms with Crippen LogP contribution in [0.5, 0.6) is 0 Å². The van der Waals surface area contributed by atoms with E-state index in [0.717, 1.165) is 17.9 Å². The summed E-state index contributed by atoms with van der Waals surface area (Å²) in [6, 6.07) is 8.11. The molecule has 0 radical (unpaired) electrons. The van der Waals surface area contributed by atoms with Crippen molar-refractivity contribution < 1.29 is 4.39 Å². The van der Waals surface area contributed by atoms with E-state index < -0.39 is 0 Å². The molecule has 1 fully saturated rings. The molecule has 1 N–H and O–H groups in total. The third-order valence-electron chi connectivity index (χ3n) is 3.56. The standard InChI is InChI=1S/C15H22FN/c1-3-6-13-10-15(13)17-11(2)9-12-7-4-5-8-14(12)16/h4-5,7-8,11,13,15,17H,3,6,9-10H2,1-2H3. The van der Waals surface area contributed by atoms with Crippen molar-refractivity contribution in [3.05, 3.63) is 35.6 Å². The quantitative estimate of drug-likeness (QED) is 0.795. The summed E-state index contributed by atoms with van der Waals surface area (Å²) < 4.78 is 13.5. The Balaban J connectivity index is 1.78. The zero-order chi connectivity index (χ0) is 12.3. The largest absolute Gasteiger partial charge is 0.311 e. The topological polar surface area (TPSA) is 12.0 Å². The lowest BCUT2D eigenvalue weighted by molar-refractivity contribution is 0.499. The van der Waals surface area contributed by atoms with Gasteiger partial charge in [0, 0.05) is 12.1 Å². The Kier molecular flexibility index (Phi) is 4.16. The summed E-state index contributed by atoms with van der Waals surface area (Å²) in [5.41, 5.74) is 0.820. The number of rotatable bonds is 6. The Morgan fingerprint density at radius 3 is 2.88 bits per heavy atom. The SMILES string of the molecule is CCCC1CC1NC(C)Cc1ccccc1F. The first-order chi connectivity index (χ1) is 8.20. The molecule has 1 aromatic rings. The molecule has 0 aliphatic heterocycles. The molecule has 3 atom stereocenters. The molecule has 1 aliphatic rings. The second-order valence-corrected chi connectivity index (χ2v) is 5.25. The van der Waals surface area contributed by atoms with E-state index in [0.29, 0.717) is 12.1 Å². The molecule has 0 aromatic heterocycles. The molecule has 0 spiro atoms. The molecule has 0 heterocycles. The minimum atomic E-state index is -0.0814. The first kappa shape index (κ1) is 12.6. The summed E-state index contributed by atoms with van der Waals surface area (Å²) >= 11 is 0. The summed E-state index contributed by atoms with van der Waals surface area (Å²) in [5.74, 6) is 0.783. The molecule has 0 bridgehead atoms. The molecular formula is C15H22FN. The van der Waals surface area contributed by atoms with Gasteiger partial charge >= 0.3 is 0 Å². The van der Waals surface area contributed by atoms with Gasteiger partial charge in [0.1, 0.15) is 5.82 Å². The first-order valence-corrected chi connectivity index (χ1v) is 6.70. The lowest BCUT2D eigenvalue weighted by atomic mass is 10.1. The average molecular weight is 235 g/mol. The van der Waals surface area contributed by atoms with Crippen molar-refractivity contribution in [2.75, 3.05) is 0 Å². The van der Waals surface area contributed by atoms with Crippen molar-refractivity contribution in [2.45, 2.75) is 51.6 Å².